The minimum Gasteiger partial charge on any atom is -0.491 e. The van der Waals surface area contributed by atoms with Crippen LogP contribution in [0.3, 0.4) is 0 Å². The summed E-state index contributed by atoms with van der Waals surface area (Å²) in [6, 6.07) is 14.4. The molecule has 2 aromatic carbocycles. The number of guanidine groups is 1. The van der Waals surface area contributed by atoms with Crippen molar-refractivity contribution in [3.05, 3.63) is 77.9 Å². The van der Waals surface area contributed by atoms with Gasteiger partial charge in [0, 0.05) is 32.0 Å². The number of anilines is 1. The van der Waals surface area contributed by atoms with Crippen molar-refractivity contribution in [1.82, 2.24) is 15.1 Å². The van der Waals surface area contributed by atoms with Crippen LogP contribution < -0.4 is 15.4 Å². The van der Waals surface area contributed by atoms with Gasteiger partial charge in [-0.25, -0.2) is 4.39 Å². The van der Waals surface area contributed by atoms with Gasteiger partial charge in [-0.05, 0) is 74.2 Å². The molecule has 2 N–H and O–H groups in total. The molecule has 3 aromatic rings. The van der Waals surface area contributed by atoms with Crippen molar-refractivity contribution in [3.8, 4) is 5.75 Å². The zero-order chi connectivity index (χ0) is 22.1. The lowest BCUT2D eigenvalue weighted by molar-refractivity contribution is 0.242. The molecule has 3 rings (SSSR count). The van der Waals surface area contributed by atoms with E-state index in [4.69, 9.17) is 4.74 Å². The van der Waals surface area contributed by atoms with Crippen LogP contribution in [0, 0.1) is 5.82 Å². The number of nitrogens with one attached hydrogen (secondary N) is 2. The number of aromatic nitrogens is 2. The van der Waals surface area contributed by atoms with Crippen molar-refractivity contribution in [2.24, 2.45) is 12.0 Å². The summed E-state index contributed by atoms with van der Waals surface area (Å²) in [4.78, 5) is 4.67. The molecule has 0 amide bonds. The molecule has 1 aromatic heterocycles. The van der Waals surface area contributed by atoms with E-state index in [1.165, 1.54) is 6.07 Å². The van der Waals surface area contributed by atoms with Gasteiger partial charge in [0.05, 0.1) is 12.3 Å². The van der Waals surface area contributed by atoms with E-state index in [1.807, 2.05) is 63.6 Å². The molecule has 0 saturated heterocycles. The van der Waals surface area contributed by atoms with Gasteiger partial charge in [-0.3, -0.25) is 9.67 Å². The molecule has 0 saturated carbocycles. The zero-order valence-corrected chi connectivity index (χ0v) is 18.3. The number of hydrogen-bond donors (Lipinski definition) is 2. The summed E-state index contributed by atoms with van der Waals surface area (Å²) in [7, 11) is 1.91. The first-order chi connectivity index (χ1) is 15.0. The van der Waals surface area contributed by atoms with Gasteiger partial charge in [-0.15, -0.1) is 0 Å². The second-order valence-electron chi connectivity index (χ2n) is 7.63. The molecular formula is C24H30FN5O. The van der Waals surface area contributed by atoms with Crippen molar-refractivity contribution in [2.45, 2.75) is 32.8 Å². The van der Waals surface area contributed by atoms with E-state index in [0.29, 0.717) is 25.5 Å². The number of rotatable bonds is 9. The molecule has 0 aliphatic rings. The van der Waals surface area contributed by atoms with Gasteiger partial charge in [0.25, 0.3) is 0 Å². The number of ether oxygens (including phenoxy) is 1. The minimum absolute atomic E-state index is 0.132. The predicted molar refractivity (Wildman–Crippen MR) is 123 cm³/mol. The maximum atomic E-state index is 13.4. The Morgan fingerprint density at radius 3 is 2.61 bits per heavy atom. The molecule has 0 atom stereocenters. The molecule has 0 fully saturated rings. The Labute approximate surface area is 183 Å². The smallest absolute Gasteiger partial charge is 0.195 e. The highest BCUT2D eigenvalue weighted by molar-refractivity contribution is 5.93. The molecular weight excluding hydrogens is 393 g/mol. The van der Waals surface area contributed by atoms with Crippen LogP contribution in [0.1, 0.15) is 25.0 Å². The van der Waals surface area contributed by atoms with E-state index in [-0.39, 0.29) is 11.9 Å². The Morgan fingerprint density at radius 2 is 1.94 bits per heavy atom. The first-order valence-corrected chi connectivity index (χ1v) is 10.5. The molecule has 0 aliphatic heterocycles. The van der Waals surface area contributed by atoms with Crippen molar-refractivity contribution >= 4 is 11.6 Å². The summed E-state index contributed by atoms with van der Waals surface area (Å²) in [5.41, 5.74) is 2.99. The maximum Gasteiger partial charge on any atom is 0.195 e. The third-order valence-electron chi connectivity index (χ3n) is 4.51. The average molecular weight is 424 g/mol. The Bertz CT molecular complexity index is 982. The molecule has 6 nitrogen and oxygen atoms in total. The Morgan fingerprint density at radius 1 is 1.13 bits per heavy atom. The molecule has 0 bridgehead atoms. The fourth-order valence-electron chi connectivity index (χ4n) is 3.08. The molecule has 0 spiro atoms. The summed E-state index contributed by atoms with van der Waals surface area (Å²) in [5, 5.41) is 10.9. The van der Waals surface area contributed by atoms with Gasteiger partial charge in [0.1, 0.15) is 11.6 Å². The van der Waals surface area contributed by atoms with Crippen molar-refractivity contribution < 1.29 is 9.13 Å². The minimum atomic E-state index is -0.224. The van der Waals surface area contributed by atoms with Crippen LogP contribution >= 0.6 is 0 Å². The lowest BCUT2D eigenvalue weighted by Gasteiger charge is -2.14. The van der Waals surface area contributed by atoms with Crippen molar-refractivity contribution in [3.63, 3.8) is 0 Å². The van der Waals surface area contributed by atoms with E-state index in [1.54, 1.807) is 16.8 Å². The summed E-state index contributed by atoms with van der Waals surface area (Å²) < 4.78 is 20.9. The molecule has 0 unspecified atom stereocenters. The summed E-state index contributed by atoms with van der Waals surface area (Å²) in [6.07, 6.45) is 5.49. The molecule has 1 heterocycles. The summed E-state index contributed by atoms with van der Waals surface area (Å²) in [6.45, 7) is 5.26. The van der Waals surface area contributed by atoms with Crippen LogP contribution in [0.15, 0.2) is 65.9 Å². The Hall–Kier alpha value is -3.35. The van der Waals surface area contributed by atoms with Gasteiger partial charge in [0.2, 0.25) is 0 Å². The van der Waals surface area contributed by atoms with Crippen LogP contribution in [0.2, 0.25) is 0 Å². The largest absolute Gasteiger partial charge is 0.491 e. The molecule has 7 heteroatoms. The summed E-state index contributed by atoms with van der Waals surface area (Å²) in [5.74, 6) is 1.28. The number of benzene rings is 2. The van der Waals surface area contributed by atoms with Crippen LogP contribution in [0.5, 0.6) is 5.75 Å². The fraction of sp³-hybridized carbons (Fsp3) is 0.333. The van der Waals surface area contributed by atoms with Gasteiger partial charge in [-0.1, -0.05) is 12.1 Å². The fourth-order valence-corrected chi connectivity index (χ4v) is 3.08. The Balaban J connectivity index is 1.62. The number of halogens is 1. The van der Waals surface area contributed by atoms with E-state index in [0.717, 1.165) is 29.0 Å². The van der Waals surface area contributed by atoms with Crippen LogP contribution in [-0.4, -0.2) is 34.9 Å². The SMILES string of the molecule is CC(C)Oc1ccc(NC(=NCCc2cccc(F)c2)NCCc2cnn(C)c2)cc1. The zero-order valence-electron chi connectivity index (χ0n) is 18.3. The number of nitrogens with zero attached hydrogens (tertiary/aromatic N) is 3. The average Bonchev–Trinajstić information content (AvgIpc) is 3.14. The van der Waals surface area contributed by atoms with Gasteiger partial charge < -0.3 is 15.4 Å². The predicted octanol–water partition coefficient (Wildman–Crippen LogP) is 4.19. The second-order valence-corrected chi connectivity index (χ2v) is 7.63. The van der Waals surface area contributed by atoms with E-state index in [2.05, 4.69) is 20.7 Å². The highest BCUT2D eigenvalue weighted by Gasteiger charge is 2.04. The third-order valence-corrected chi connectivity index (χ3v) is 4.51. The van der Waals surface area contributed by atoms with E-state index >= 15 is 0 Å². The van der Waals surface area contributed by atoms with E-state index < -0.39 is 0 Å². The van der Waals surface area contributed by atoms with Crippen LogP contribution in [-0.2, 0) is 19.9 Å². The topological polar surface area (TPSA) is 63.5 Å². The lowest BCUT2D eigenvalue weighted by atomic mass is 10.1. The van der Waals surface area contributed by atoms with Crippen molar-refractivity contribution in [1.29, 1.82) is 0 Å². The third kappa shape index (κ3) is 7.77. The number of aryl methyl sites for hydroxylation is 1. The van der Waals surface area contributed by atoms with Gasteiger partial charge >= 0.3 is 0 Å². The standard InChI is InChI=1S/C24H30FN5O/c1-18(2)31-23-9-7-22(8-10-23)29-24(27-14-12-20-16-28-30(3)17-20)26-13-11-19-5-4-6-21(25)15-19/h4-10,15-18H,11-14H2,1-3H3,(H2,26,27,29). The van der Waals surface area contributed by atoms with Gasteiger partial charge in [0.15, 0.2) is 5.96 Å². The van der Waals surface area contributed by atoms with Gasteiger partial charge in [-0.2, -0.15) is 5.10 Å². The summed E-state index contributed by atoms with van der Waals surface area (Å²) >= 11 is 0. The molecule has 0 radical (unpaired) electrons. The normalized spacial score (nSPS) is 11.6. The number of aliphatic imine (C=N–C) groups is 1. The van der Waals surface area contributed by atoms with Crippen LogP contribution in [0.4, 0.5) is 10.1 Å². The lowest BCUT2D eigenvalue weighted by Crippen LogP contribution is -2.32. The van der Waals surface area contributed by atoms with E-state index in [9.17, 15) is 4.39 Å². The van der Waals surface area contributed by atoms with Crippen molar-refractivity contribution in [2.75, 3.05) is 18.4 Å². The molecule has 31 heavy (non-hydrogen) atoms. The van der Waals surface area contributed by atoms with Crippen LogP contribution in [0.25, 0.3) is 0 Å². The highest BCUT2D eigenvalue weighted by atomic mass is 19.1. The maximum absolute atomic E-state index is 13.4. The number of hydrogen-bond acceptors (Lipinski definition) is 3. The second kappa shape index (κ2) is 11.2. The monoisotopic (exact) mass is 423 g/mol. The Kier molecular flexibility index (Phi) is 8.04. The highest BCUT2D eigenvalue weighted by Crippen LogP contribution is 2.17. The molecule has 0 aliphatic carbocycles. The first-order valence-electron chi connectivity index (χ1n) is 10.5. The first kappa shape index (κ1) is 22.3. The quantitative estimate of drug-likeness (QED) is 0.400. The molecule has 164 valence electrons.